The summed E-state index contributed by atoms with van der Waals surface area (Å²) in [5.74, 6) is 1.35. The molecule has 4 atom stereocenters. The molecule has 2 heterocycles. The van der Waals surface area contributed by atoms with E-state index in [1.807, 2.05) is 43.1 Å². The number of hydrogen-bond donors (Lipinski definition) is 2. The molecule has 31 heavy (non-hydrogen) atoms. The summed E-state index contributed by atoms with van der Waals surface area (Å²) in [4.78, 5) is 24.3. The average Bonchev–Trinajstić information content (AvgIpc) is 3.09. The number of amides is 1. The van der Waals surface area contributed by atoms with Crippen molar-refractivity contribution in [3.8, 4) is 5.75 Å². The van der Waals surface area contributed by atoms with Crippen LogP contribution in [0.25, 0.3) is 10.9 Å². The first-order chi connectivity index (χ1) is 14.6. The highest BCUT2D eigenvalue weighted by molar-refractivity contribution is 7.93. The van der Waals surface area contributed by atoms with E-state index in [4.69, 9.17) is 9.22 Å². The standard InChI is InChI=1S/C24H36N2O4S/c1-15-10-17(3)26(18(11-15)13-24(4,5)28)22(27)12-16(2)19-14-25-20-8-7-9-21(23(19)20)29-30-31-6/h7-9,14-18,25,28H,10-13H2,1-6H3. The molecule has 1 saturated heterocycles. The number of piperidine rings is 1. The Hall–Kier alpha value is -1.70. The lowest BCUT2D eigenvalue weighted by Crippen LogP contribution is -2.53. The van der Waals surface area contributed by atoms with E-state index in [0.29, 0.717) is 24.5 Å². The number of aromatic nitrogens is 1. The van der Waals surface area contributed by atoms with Gasteiger partial charge in [-0.05, 0) is 69.6 Å². The molecule has 172 valence electrons. The van der Waals surface area contributed by atoms with Crippen LogP contribution in [-0.2, 0) is 9.13 Å². The number of nitrogens with one attached hydrogen (secondary N) is 1. The van der Waals surface area contributed by atoms with Crippen LogP contribution < -0.4 is 4.89 Å². The Morgan fingerprint density at radius 2 is 2.10 bits per heavy atom. The molecule has 1 amide bonds. The molecular formula is C24H36N2O4S. The quantitative estimate of drug-likeness (QED) is 0.320. The fraction of sp³-hybridized carbons (Fsp3) is 0.625. The second-order valence-corrected chi connectivity index (χ2v) is 10.2. The summed E-state index contributed by atoms with van der Waals surface area (Å²) in [5.41, 5.74) is 1.20. The number of nitrogens with zero attached hydrogens (tertiary/aromatic N) is 1. The summed E-state index contributed by atoms with van der Waals surface area (Å²) >= 11 is 1.14. The number of rotatable bonds is 8. The lowest BCUT2D eigenvalue weighted by Gasteiger charge is -2.45. The smallest absolute Gasteiger partial charge is 0.223 e. The summed E-state index contributed by atoms with van der Waals surface area (Å²) in [6, 6.07) is 6.02. The van der Waals surface area contributed by atoms with Crippen molar-refractivity contribution in [1.29, 1.82) is 0 Å². The van der Waals surface area contributed by atoms with E-state index in [2.05, 4.69) is 25.8 Å². The summed E-state index contributed by atoms with van der Waals surface area (Å²) in [6.07, 6.45) is 6.70. The van der Waals surface area contributed by atoms with E-state index < -0.39 is 5.60 Å². The Morgan fingerprint density at radius 1 is 1.35 bits per heavy atom. The first kappa shape index (κ1) is 24.0. The highest BCUT2D eigenvalue weighted by Crippen LogP contribution is 2.37. The third kappa shape index (κ3) is 5.76. The molecule has 1 aliphatic heterocycles. The van der Waals surface area contributed by atoms with Gasteiger partial charge in [0, 0.05) is 53.9 Å². The van der Waals surface area contributed by atoms with Gasteiger partial charge in [-0.2, -0.15) is 0 Å². The zero-order valence-corrected chi connectivity index (χ0v) is 20.3. The van der Waals surface area contributed by atoms with Gasteiger partial charge in [-0.3, -0.25) is 4.79 Å². The van der Waals surface area contributed by atoms with Crippen molar-refractivity contribution in [1.82, 2.24) is 9.88 Å². The highest BCUT2D eigenvalue weighted by Gasteiger charge is 2.37. The Balaban J connectivity index is 1.82. The lowest BCUT2D eigenvalue weighted by molar-refractivity contribution is -0.140. The molecule has 1 aromatic heterocycles. The largest absolute Gasteiger partial charge is 0.390 e. The molecule has 2 aromatic rings. The number of aliphatic hydroxyl groups is 1. The van der Waals surface area contributed by atoms with Gasteiger partial charge in [0.15, 0.2) is 5.75 Å². The minimum absolute atomic E-state index is 0.00890. The number of aromatic amines is 1. The van der Waals surface area contributed by atoms with E-state index >= 15 is 0 Å². The molecule has 0 radical (unpaired) electrons. The van der Waals surface area contributed by atoms with Crippen molar-refractivity contribution in [3.63, 3.8) is 0 Å². The number of fused-ring (bicyclic) bond motifs is 1. The van der Waals surface area contributed by atoms with Gasteiger partial charge in [0.2, 0.25) is 5.91 Å². The van der Waals surface area contributed by atoms with E-state index in [-0.39, 0.29) is 23.9 Å². The van der Waals surface area contributed by atoms with E-state index in [9.17, 15) is 9.90 Å². The second-order valence-electron chi connectivity index (χ2n) is 9.74. The van der Waals surface area contributed by atoms with E-state index in [1.54, 1.807) is 6.26 Å². The number of benzene rings is 1. The van der Waals surface area contributed by atoms with Crippen LogP contribution in [0.1, 0.15) is 71.8 Å². The van der Waals surface area contributed by atoms with Crippen molar-refractivity contribution in [2.45, 2.75) is 83.9 Å². The Bertz CT molecular complexity index is 891. The number of carbonyl (C=O) groups is 1. The monoisotopic (exact) mass is 448 g/mol. The van der Waals surface area contributed by atoms with Gasteiger partial charge in [0.25, 0.3) is 0 Å². The van der Waals surface area contributed by atoms with Crippen LogP contribution in [0, 0.1) is 5.92 Å². The third-order valence-corrected chi connectivity index (χ3v) is 6.42. The molecule has 0 bridgehead atoms. The molecule has 0 spiro atoms. The third-order valence-electron chi connectivity index (χ3n) is 6.21. The molecule has 1 fully saturated rings. The van der Waals surface area contributed by atoms with Gasteiger partial charge < -0.3 is 19.9 Å². The average molecular weight is 449 g/mol. The Morgan fingerprint density at radius 3 is 2.77 bits per heavy atom. The fourth-order valence-corrected chi connectivity index (χ4v) is 5.26. The second kappa shape index (κ2) is 9.84. The Kier molecular flexibility index (Phi) is 7.60. The van der Waals surface area contributed by atoms with Gasteiger partial charge in [0.05, 0.1) is 5.60 Å². The minimum atomic E-state index is -0.800. The SMILES string of the molecule is CSOOc1cccc2[nH]cc(C(C)CC(=O)N3C(C)CC(C)CC3CC(C)(C)O)c12. The van der Waals surface area contributed by atoms with Crippen LogP contribution in [-0.4, -0.2) is 44.8 Å². The maximum absolute atomic E-state index is 13.5. The van der Waals surface area contributed by atoms with Gasteiger partial charge >= 0.3 is 0 Å². The number of H-pyrrole nitrogens is 1. The molecule has 0 aliphatic carbocycles. The predicted octanol–water partition coefficient (Wildman–Crippen LogP) is 5.43. The molecule has 4 unspecified atom stereocenters. The van der Waals surface area contributed by atoms with Gasteiger partial charge in [0.1, 0.15) is 0 Å². The first-order valence-electron chi connectivity index (χ1n) is 11.1. The van der Waals surface area contributed by atoms with Crippen LogP contribution in [0.3, 0.4) is 0 Å². The molecule has 1 aromatic carbocycles. The van der Waals surface area contributed by atoms with E-state index in [1.165, 1.54) is 0 Å². The first-order valence-corrected chi connectivity index (χ1v) is 12.3. The molecule has 0 saturated carbocycles. The maximum atomic E-state index is 13.5. The van der Waals surface area contributed by atoms with Crippen LogP contribution in [0.15, 0.2) is 24.4 Å². The predicted molar refractivity (Wildman–Crippen MR) is 126 cm³/mol. The maximum Gasteiger partial charge on any atom is 0.223 e. The molecule has 6 nitrogen and oxygen atoms in total. The van der Waals surface area contributed by atoms with E-state index in [0.717, 1.165) is 41.4 Å². The van der Waals surface area contributed by atoms with Crippen LogP contribution >= 0.6 is 12.0 Å². The van der Waals surface area contributed by atoms with Gasteiger partial charge in [-0.15, -0.1) is 4.33 Å². The summed E-state index contributed by atoms with van der Waals surface area (Å²) in [5, 5.41) is 11.4. The normalized spacial score (nSPS) is 23.2. The minimum Gasteiger partial charge on any atom is -0.390 e. The van der Waals surface area contributed by atoms with Crippen molar-refractivity contribution < 1.29 is 19.1 Å². The van der Waals surface area contributed by atoms with Crippen molar-refractivity contribution in [2.75, 3.05) is 6.26 Å². The summed E-state index contributed by atoms with van der Waals surface area (Å²) < 4.78 is 5.10. The summed E-state index contributed by atoms with van der Waals surface area (Å²) in [6.45, 7) is 10.1. The fourth-order valence-electron chi connectivity index (χ4n) is 5.12. The number of hydrogen-bond acceptors (Lipinski definition) is 5. The van der Waals surface area contributed by atoms with Gasteiger partial charge in [-0.25, -0.2) is 0 Å². The zero-order valence-electron chi connectivity index (χ0n) is 19.5. The van der Waals surface area contributed by atoms with Gasteiger partial charge in [-0.1, -0.05) is 19.9 Å². The molecular weight excluding hydrogens is 412 g/mol. The molecule has 2 N–H and O–H groups in total. The topological polar surface area (TPSA) is 74.8 Å². The zero-order chi connectivity index (χ0) is 22.8. The lowest BCUT2D eigenvalue weighted by atomic mass is 9.82. The van der Waals surface area contributed by atoms with Crippen LogP contribution in [0.2, 0.25) is 0 Å². The van der Waals surface area contributed by atoms with Crippen molar-refractivity contribution in [3.05, 3.63) is 30.0 Å². The van der Waals surface area contributed by atoms with Crippen molar-refractivity contribution in [2.24, 2.45) is 5.92 Å². The van der Waals surface area contributed by atoms with Crippen LogP contribution in [0.4, 0.5) is 0 Å². The molecule has 7 heteroatoms. The Labute approximate surface area is 189 Å². The highest BCUT2D eigenvalue weighted by atomic mass is 32.2. The van der Waals surface area contributed by atoms with Crippen LogP contribution in [0.5, 0.6) is 5.75 Å². The number of likely N-dealkylation sites (tertiary alicyclic amines) is 1. The molecule has 1 aliphatic rings. The number of carbonyl (C=O) groups excluding carboxylic acids is 1. The van der Waals surface area contributed by atoms with Crippen molar-refractivity contribution >= 4 is 28.9 Å². The molecule has 3 rings (SSSR count). The summed E-state index contributed by atoms with van der Waals surface area (Å²) in [7, 11) is 0.